The van der Waals surface area contributed by atoms with Crippen molar-refractivity contribution in [2.75, 3.05) is 18.6 Å². The third-order valence-corrected chi connectivity index (χ3v) is 4.42. The van der Waals surface area contributed by atoms with Gasteiger partial charge in [-0.3, -0.25) is 4.79 Å². The maximum Gasteiger partial charge on any atom is 0.258 e. The number of hydrogen-bond donors (Lipinski definition) is 0. The molecule has 0 aromatic heterocycles. The molecule has 2 aromatic carbocycles. The summed E-state index contributed by atoms with van der Waals surface area (Å²) >= 11 is 0. The fraction of sp³-hybridized carbons (Fsp3) is 0.350. The zero-order valence-electron chi connectivity index (χ0n) is 14.4. The van der Waals surface area contributed by atoms with Gasteiger partial charge in [-0.15, -0.1) is 0 Å². The highest BCUT2D eigenvalue weighted by Crippen LogP contribution is 2.33. The van der Waals surface area contributed by atoms with Gasteiger partial charge in [-0.2, -0.15) is 0 Å². The number of anilines is 1. The third kappa shape index (κ3) is 3.02. The van der Waals surface area contributed by atoms with E-state index in [0.29, 0.717) is 18.8 Å². The molecular weight excluding hydrogens is 302 g/mol. The molecule has 0 aliphatic carbocycles. The highest BCUT2D eigenvalue weighted by atomic mass is 16.5. The molecule has 1 aliphatic heterocycles. The van der Waals surface area contributed by atoms with Gasteiger partial charge in [0.15, 0.2) is 0 Å². The Morgan fingerprint density at radius 2 is 2.04 bits per heavy atom. The van der Waals surface area contributed by atoms with Crippen molar-refractivity contribution in [3.63, 3.8) is 0 Å². The molecule has 0 radical (unpaired) electrons. The summed E-state index contributed by atoms with van der Waals surface area (Å²) in [5, 5.41) is 0. The molecule has 3 rings (SSSR count). The molecule has 0 N–H and O–H groups in total. The lowest BCUT2D eigenvalue weighted by molar-refractivity contribution is 0.0980. The second kappa shape index (κ2) is 7.05. The zero-order chi connectivity index (χ0) is 17.1. The quantitative estimate of drug-likeness (QED) is 0.839. The second-order valence-corrected chi connectivity index (χ2v) is 6.02. The van der Waals surface area contributed by atoms with Crippen molar-refractivity contribution < 1.29 is 14.3 Å². The number of rotatable bonds is 5. The second-order valence-electron chi connectivity index (χ2n) is 6.02. The summed E-state index contributed by atoms with van der Waals surface area (Å²) in [5.41, 5.74) is 3.79. The molecule has 0 saturated heterocycles. The first kappa shape index (κ1) is 16.5. The van der Waals surface area contributed by atoms with E-state index in [1.807, 2.05) is 48.2 Å². The predicted molar refractivity (Wildman–Crippen MR) is 94.7 cm³/mol. The molecule has 1 amide bonds. The van der Waals surface area contributed by atoms with Crippen LogP contribution in [0.5, 0.6) is 5.75 Å². The number of carbonyl (C=O) groups is 1. The summed E-state index contributed by atoms with van der Waals surface area (Å²) < 4.78 is 10.9. The van der Waals surface area contributed by atoms with Crippen molar-refractivity contribution in [1.82, 2.24) is 0 Å². The molecule has 2 aromatic rings. The van der Waals surface area contributed by atoms with Crippen LogP contribution in [0, 0.1) is 0 Å². The monoisotopic (exact) mass is 325 g/mol. The average molecular weight is 325 g/mol. The van der Waals surface area contributed by atoms with Crippen LogP contribution in [0.4, 0.5) is 5.69 Å². The molecule has 4 heteroatoms. The van der Waals surface area contributed by atoms with Gasteiger partial charge in [0.25, 0.3) is 5.91 Å². The van der Waals surface area contributed by atoms with Crippen LogP contribution >= 0.6 is 0 Å². The maximum atomic E-state index is 13.1. The van der Waals surface area contributed by atoms with Crippen molar-refractivity contribution >= 4 is 11.6 Å². The molecule has 1 unspecified atom stereocenters. The predicted octanol–water partition coefficient (Wildman–Crippen LogP) is 3.82. The van der Waals surface area contributed by atoms with Gasteiger partial charge in [0.2, 0.25) is 0 Å². The van der Waals surface area contributed by atoms with Crippen LogP contribution in [0.25, 0.3) is 0 Å². The number of ether oxygens (including phenoxy) is 2. The number of benzene rings is 2. The van der Waals surface area contributed by atoms with E-state index < -0.39 is 0 Å². The van der Waals surface area contributed by atoms with Crippen LogP contribution in [0.1, 0.15) is 35.3 Å². The topological polar surface area (TPSA) is 38.8 Å². The minimum atomic E-state index is 0.0212. The fourth-order valence-corrected chi connectivity index (χ4v) is 3.25. The number of para-hydroxylation sites is 1. The first-order valence-corrected chi connectivity index (χ1v) is 8.31. The van der Waals surface area contributed by atoms with Crippen LogP contribution in [-0.2, 0) is 17.8 Å². The first-order valence-electron chi connectivity index (χ1n) is 8.31. The van der Waals surface area contributed by atoms with E-state index in [2.05, 4.69) is 13.0 Å². The molecule has 1 heterocycles. The van der Waals surface area contributed by atoms with Crippen molar-refractivity contribution in [1.29, 1.82) is 0 Å². The molecule has 0 spiro atoms. The zero-order valence-corrected chi connectivity index (χ0v) is 14.4. The molecule has 24 heavy (non-hydrogen) atoms. The van der Waals surface area contributed by atoms with Gasteiger partial charge in [0, 0.05) is 29.5 Å². The Labute approximate surface area is 143 Å². The molecule has 4 nitrogen and oxygen atoms in total. The van der Waals surface area contributed by atoms with E-state index in [4.69, 9.17) is 9.47 Å². The number of methoxy groups -OCH3 is 1. The van der Waals surface area contributed by atoms with Crippen molar-refractivity contribution in [3.8, 4) is 5.75 Å². The minimum Gasteiger partial charge on any atom is -0.496 e. The van der Waals surface area contributed by atoms with E-state index in [-0.39, 0.29) is 11.9 Å². The van der Waals surface area contributed by atoms with E-state index >= 15 is 0 Å². The molecule has 1 atom stereocenters. The Hall–Kier alpha value is -2.33. The molecule has 0 saturated carbocycles. The highest BCUT2D eigenvalue weighted by molar-refractivity contribution is 6.08. The SMILES string of the molecule is CCOCc1cc(C(=O)N2c3ccccc3CC2C)ccc1OC. The van der Waals surface area contributed by atoms with Gasteiger partial charge < -0.3 is 14.4 Å². The van der Waals surface area contributed by atoms with E-state index in [1.165, 1.54) is 5.56 Å². The number of nitrogens with zero attached hydrogens (tertiary/aromatic N) is 1. The third-order valence-electron chi connectivity index (χ3n) is 4.42. The van der Waals surface area contributed by atoms with Gasteiger partial charge in [-0.1, -0.05) is 18.2 Å². The molecule has 126 valence electrons. The average Bonchev–Trinajstić information content (AvgIpc) is 2.94. The van der Waals surface area contributed by atoms with Crippen molar-refractivity contribution in [2.24, 2.45) is 0 Å². The number of carbonyl (C=O) groups excluding carboxylic acids is 1. The minimum absolute atomic E-state index is 0.0212. The van der Waals surface area contributed by atoms with Crippen LogP contribution in [0.2, 0.25) is 0 Å². The summed E-state index contributed by atoms with van der Waals surface area (Å²) in [5.74, 6) is 0.766. The van der Waals surface area contributed by atoms with Gasteiger partial charge in [0.05, 0.1) is 13.7 Å². The number of fused-ring (bicyclic) bond motifs is 1. The maximum absolute atomic E-state index is 13.1. The van der Waals surface area contributed by atoms with Gasteiger partial charge in [-0.05, 0) is 50.1 Å². The van der Waals surface area contributed by atoms with Crippen LogP contribution < -0.4 is 9.64 Å². The Morgan fingerprint density at radius 3 is 2.79 bits per heavy atom. The first-order chi connectivity index (χ1) is 11.7. The number of amides is 1. The Balaban J connectivity index is 1.93. The highest BCUT2D eigenvalue weighted by Gasteiger charge is 2.31. The van der Waals surface area contributed by atoms with Crippen LogP contribution in [-0.4, -0.2) is 25.7 Å². The van der Waals surface area contributed by atoms with Gasteiger partial charge in [0.1, 0.15) is 5.75 Å². The van der Waals surface area contributed by atoms with Gasteiger partial charge >= 0.3 is 0 Å². The lowest BCUT2D eigenvalue weighted by atomic mass is 10.1. The summed E-state index contributed by atoms with van der Waals surface area (Å²) in [7, 11) is 1.63. The van der Waals surface area contributed by atoms with E-state index in [0.717, 1.165) is 23.4 Å². The lowest BCUT2D eigenvalue weighted by Crippen LogP contribution is -2.35. The molecule has 0 fully saturated rings. The normalized spacial score (nSPS) is 16.1. The Morgan fingerprint density at radius 1 is 1.25 bits per heavy atom. The summed E-state index contributed by atoms with van der Waals surface area (Å²) in [6, 6.07) is 13.8. The molecule has 1 aliphatic rings. The van der Waals surface area contributed by atoms with Crippen LogP contribution in [0.15, 0.2) is 42.5 Å². The molecular formula is C20H23NO3. The summed E-state index contributed by atoms with van der Waals surface area (Å²) in [6.07, 6.45) is 0.893. The standard InChI is InChI=1S/C20H23NO3/c1-4-24-13-17-12-16(9-10-19(17)23-3)20(22)21-14(2)11-15-7-5-6-8-18(15)21/h5-10,12,14H,4,11,13H2,1-3H3. The van der Waals surface area contributed by atoms with E-state index in [9.17, 15) is 4.79 Å². The summed E-state index contributed by atoms with van der Waals surface area (Å²) in [4.78, 5) is 15.0. The number of hydrogen-bond acceptors (Lipinski definition) is 3. The van der Waals surface area contributed by atoms with Gasteiger partial charge in [-0.25, -0.2) is 0 Å². The van der Waals surface area contributed by atoms with Crippen molar-refractivity contribution in [2.45, 2.75) is 32.9 Å². The Kier molecular flexibility index (Phi) is 4.86. The van der Waals surface area contributed by atoms with Crippen molar-refractivity contribution in [3.05, 3.63) is 59.2 Å². The largest absolute Gasteiger partial charge is 0.496 e. The summed E-state index contributed by atoms with van der Waals surface area (Å²) in [6.45, 7) is 5.09. The fourth-order valence-electron chi connectivity index (χ4n) is 3.25. The Bertz CT molecular complexity index is 741. The lowest BCUT2D eigenvalue weighted by Gasteiger charge is -2.23. The van der Waals surface area contributed by atoms with Crippen LogP contribution in [0.3, 0.4) is 0 Å². The smallest absolute Gasteiger partial charge is 0.258 e. The molecule has 0 bridgehead atoms. The van der Waals surface area contributed by atoms with E-state index in [1.54, 1.807) is 7.11 Å².